The second-order valence-electron chi connectivity index (χ2n) is 14.3. The van der Waals surface area contributed by atoms with Gasteiger partial charge in [0.2, 0.25) is 0 Å². The fourth-order valence-electron chi connectivity index (χ4n) is 7.10. The quantitative estimate of drug-likeness (QED) is 0.253. The molecule has 0 aromatic rings. The van der Waals surface area contributed by atoms with Gasteiger partial charge in [-0.05, 0) is 117 Å². The molecule has 2 nitrogen and oxygen atoms in total. The molecule has 0 saturated heterocycles. The number of hydrogen-bond donors (Lipinski definition) is 0. The van der Waals surface area contributed by atoms with Crippen molar-refractivity contribution >= 4 is 14.1 Å². The van der Waals surface area contributed by atoms with Gasteiger partial charge in [0.15, 0.2) is 14.1 Å². The van der Waals surface area contributed by atoms with Crippen LogP contribution in [-0.2, 0) is 9.22 Å². The van der Waals surface area contributed by atoms with Gasteiger partial charge in [0, 0.05) is 12.0 Å². The number of ketones is 1. The Kier molecular flexibility index (Phi) is 8.13. The van der Waals surface area contributed by atoms with Gasteiger partial charge in [-0.2, -0.15) is 0 Å². The summed E-state index contributed by atoms with van der Waals surface area (Å²) in [7, 11) is -1.76. The van der Waals surface area contributed by atoms with E-state index in [0.717, 1.165) is 32.1 Å². The summed E-state index contributed by atoms with van der Waals surface area (Å²) in [4.78, 5) is 12.2. The first kappa shape index (κ1) is 27.8. The maximum absolute atomic E-state index is 12.2. The molecule has 4 rings (SSSR count). The van der Waals surface area contributed by atoms with Crippen LogP contribution in [0.4, 0.5) is 0 Å². The molecule has 4 saturated carbocycles. The van der Waals surface area contributed by atoms with Crippen molar-refractivity contribution in [1.29, 1.82) is 0 Å². The zero-order valence-corrected chi connectivity index (χ0v) is 25.3. The summed E-state index contributed by atoms with van der Waals surface area (Å²) < 4.78 is 6.80. The molecule has 36 heavy (non-hydrogen) atoms. The molecule has 5 atom stereocenters. The van der Waals surface area contributed by atoms with Gasteiger partial charge < -0.3 is 4.43 Å². The highest BCUT2D eigenvalue weighted by molar-refractivity contribution is 6.74. The van der Waals surface area contributed by atoms with Crippen molar-refractivity contribution < 1.29 is 9.22 Å². The minimum atomic E-state index is -1.76. The zero-order chi connectivity index (χ0) is 26.3. The number of fused-ring (bicyclic) bond motifs is 1. The smallest absolute Gasteiger partial charge is 0.192 e. The Bertz CT molecular complexity index is 941. The summed E-state index contributed by atoms with van der Waals surface area (Å²) in [6.07, 6.45) is 21.2. The lowest BCUT2D eigenvalue weighted by Gasteiger charge is -2.44. The minimum Gasteiger partial charge on any atom is -0.414 e. The van der Waals surface area contributed by atoms with E-state index in [-0.39, 0.29) is 5.04 Å². The molecule has 0 radical (unpaired) electrons. The maximum atomic E-state index is 12.2. The fourth-order valence-corrected chi connectivity index (χ4v) is 8.49. The van der Waals surface area contributed by atoms with Crippen LogP contribution in [0, 0.1) is 29.1 Å². The van der Waals surface area contributed by atoms with Gasteiger partial charge in [0.25, 0.3) is 0 Å². The minimum absolute atomic E-state index is 0.246. The summed E-state index contributed by atoms with van der Waals surface area (Å²) in [5, 5.41) is 0.246. The highest BCUT2D eigenvalue weighted by Crippen LogP contribution is 2.59. The first-order valence-corrected chi connectivity index (χ1v) is 17.7. The molecule has 0 aromatic heterocycles. The molecule has 4 aliphatic carbocycles. The Morgan fingerprint density at radius 1 is 1.11 bits per heavy atom. The van der Waals surface area contributed by atoms with Crippen molar-refractivity contribution in [2.75, 3.05) is 0 Å². The topological polar surface area (TPSA) is 26.3 Å². The molecule has 0 aromatic carbocycles. The summed E-state index contributed by atoms with van der Waals surface area (Å²) >= 11 is 0. The van der Waals surface area contributed by atoms with Crippen LogP contribution in [0.5, 0.6) is 0 Å². The van der Waals surface area contributed by atoms with E-state index in [9.17, 15) is 4.79 Å². The molecule has 0 N–H and O–H groups in total. The van der Waals surface area contributed by atoms with Gasteiger partial charge >= 0.3 is 0 Å². The number of allylic oxidation sites excluding steroid dienone is 6. The lowest BCUT2D eigenvalue weighted by Crippen LogP contribution is -2.44. The summed E-state index contributed by atoms with van der Waals surface area (Å²) in [6.45, 7) is 21.1. The monoisotopic (exact) mass is 508 g/mol. The number of carbonyl (C=O) groups excluding carboxylic acids is 1. The summed E-state index contributed by atoms with van der Waals surface area (Å²) in [5.74, 6) is 2.53. The van der Waals surface area contributed by atoms with Crippen molar-refractivity contribution in [2.24, 2.45) is 29.1 Å². The van der Waals surface area contributed by atoms with Crippen molar-refractivity contribution in [2.45, 2.75) is 123 Å². The van der Waals surface area contributed by atoms with Crippen molar-refractivity contribution in [3.05, 3.63) is 47.6 Å². The second kappa shape index (κ2) is 10.5. The van der Waals surface area contributed by atoms with E-state index in [1.165, 1.54) is 43.3 Å². The Labute approximate surface area is 222 Å². The van der Waals surface area contributed by atoms with Gasteiger partial charge in [-0.15, -0.1) is 0 Å². The van der Waals surface area contributed by atoms with Crippen LogP contribution in [0.15, 0.2) is 47.6 Å². The SMILES string of the molecule is C=C1CC[C@H](O[Si](C)(C)C(C)(C)C)C/C1=C\C=C1/CCC[C@]2(C)[C@@H]([C@H](C)/C=C/C(=O)C3CC3)CC[C@@H]12. The van der Waals surface area contributed by atoms with Crippen LogP contribution in [-0.4, -0.2) is 20.2 Å². The van der Waals surface area contributed by atoms with Crippen LogP contribution < -0.4 is 0 Å². The van der Waals surface area contributed by atoms with E-state index in [2.05, 4.69) is 72.5 Å². The highest BCUT2D eigenvalue weighted by Gasteiger charge is 2.50. The molecular formula is C33H52O2Si. The molecule has 200 valence electrons. The van der Waals surface area contributed by atoms with Crippen LogP contribution in [0.25, 0.3) is 0 Å². The van der Waals surface area contributed by atoms with E-state index in [0.29, 0.717) is 41.0 Å². The molecule has 0 heterocycles. The third kappa shape index (κ3) is 5.93. The third-order valence-electron chi connectivity index (χ3n) is 10.7. The van der Waals surface area contributed by atoms with Gasteiger partial charge in [-0.1, -0.05) is 70.6 Å². The van der Waals surface area contributed by atoms with Crippen LogP contribution in [0.2, 0.25) is 18.1 Å². The third-order valence-corrected chi connectivity index (χ3v) is 15.2. The number of hydrogen-bond acceptors (Lipinski definition) is 2. The van der Waals surface area contributed by atoms with E-state index < -0.39 is 8.32 Å². The van der Waals surface area contributed by atoms with Crippen LogP contribution in [0.1, 0.15) is 98.8 Å². The van der Waals surface area contributed by atoms with E-state index in [1.54, 1.807) is 5.57 Å². The van der Waals surface area contributed by atoms with Gasteiger partial charge in [-0.3, -0.25) is 4.79 Å². The van der Waals surface area contributed by atoms with Crippen LogP contribution in [0.3, 0.4) is 0 Å². The first-order valence-electron chi connectivity index (χ1n) is 14.8. The summed E-state index contributed by atoms with van der Waals surface area (Å²) in [6, 6.07) is 0. The molecule has 4 fully saturated rings. The molecule has 0 bridgehead atoms. The number of carbonyl (C=O) groups is 1. The molecule has 0 amide bonds. The van der Waals surface area contributed by atoms with Crippen LogP contribution >= 0.6 is 0 Å². The first-order chi connectivity index (χ1) is 16.8. The molecular weight excluding hydrogens is 456 g/mol. The average Bonchev–Trinajstić information content (AvgIpc) is 3.58. The molecule has 0 aliphatic heterocycles. The predicted octanol–water partition coefficient (Wildman–Crippen LogP) is 9.36. The second-order valence-corrected chi connectivity index (χ2v) is 19.0. The van der Waals surface area contributed by atoms with Crippen molar-refractivity contribution in [3.63, 3.8) is 0 Å². The lowest BCUT2D eigenvalue weighted by atomic mass is 9.61. The summed E-state index contributed by atoms with van der Waals surface area (Å²) in [5.41, 5.74) is 4.73. The predicted molar refractivity (Wildman–Crippen MR) is 155 cm³/mol. The Morgan fingerprint density at radius 3 is 2.50 bits per heavy atom. The normalized spacial score (nSPS) is 35.0. The zero-order valence-electron chi connectivity index (χ0n) is 24.3. The largest absolute Gasteiger partial charge is 0.414 e. The van der Waals surface area contributed by atoms with Gasteiger partial charge in [0.05, 0.1) is 0 Å². The Hall–Kier alpha value is -1.19. The molecule has 0 unspecified atom stereocenters. The van der Waals surface area contributed by atoms with Crippen molar-refractivity contribution in [1.82, 2.24) is 0 Å². The van der Waals surface area contributed by atoms with E-state index >= 15 is 0 Å². The maximum Gasteiger partial charge on any atom is 0.192 e. The highest BCUT2D eigenvalue weighted by atomic mass is 28.4. The Balaban J connectivity index is 1.45. The van der Waals surface area contributed by atoms with Gasteiger partial charge in [0.1, 0.15) is 0 Å². The average molecular weight is 509 g/mol. The molecule has 3 heteroatoms. The molecule has 4 aliphatic rings. The lowest BCUT2D eigenvalue weighted by molar-refractivity contribution is -0.115. The fraction of sp³-hybridized carbons (Fsp3) is 0.727. The molecule has 0 spiro atoms. The number of rotatable bonds is 7. The van der Waals surface area contributed by atoms with Gasteiger partial charge in [-0.25, -0.2) is 0 Å². The standard InChI is InChI=1S/C33H52O2Si/c1-23-11-17-28(35-36(7,8)32(3,4)5)22-27(23)16-13-25-10-9-21-33(6)29(18-19-30(25)33)24(2)12-20-31(34)26-14-15-26/h12-13,16,20,24,26,28-30H,1,9-11,14-15,17-19,21-22H2,2-8H3/b20-12+,25-13+,27-16+/t24-,28+,29-,30+,33-/m1/s1. The van der Waals surface area contributed by atoms with E-state index in [4.69, 9.17) is 4.43 Å². The Morgan fingerprint density at radius 2 is 1.83 bits per heavy atom. The van der Waals surface area contributed by atoms with E-state index in [1.807, 2.05) is 6.08 Å². The van der Waals surface area contributed by atoms with Crippen molar-refractivity contribution in [3.8, 4) is 0 Å².